The van der Waals surface area contributed by atoms with Crippen LogP contribution in [0.3, 0.4) is 0 Å². The fourth-order valence-electron chi connectivity index (χ4n) is 1.40. The van der Waals surface area contributed by atoms with E-state index in [9.17, 15) is 17.6 Å². The summed E-state index contributed by atoms with van der Waals surface area (Å²) in [7, 11) is -1.69. The lowest BCUT2D eigenvalue weighted by Gasteiger charge is -2.17. The molecule has 0 aliphatic carbocycles. The molecular formula is C12H16FNO3S. The second-order valence-corrected chi connectivity index (χ2v) is 6.60. The van der Waals surface area contributed by atoms with Gasteiger partial charge in [-0.2, -0.15) is 0 Å². The van der Waals surface area contributed by atoms with E-state index < -0.39 is 21.6 Å². The maximum absolute atomic E-state index is 13.6. The van der Waals surface area contributed by atoms with Crippen LogP contribution in [-0.2, 0) is 9.84 Å². The van der Waals surface area contributed by atoms with Crippen LogP contribution >= 0.6 is 0 Å². The van der Waals surface area contributed by atoms with Crippen molar-refractivity contribution in [3.8, 4) is 0 Å². The Morgan fingerprint density at radius 2 is 2.00 bits per heavy atom. The van der Waals surface area contributed by atoms with Gasteiger partial charge in [0.15, 0.2) is 0 Å². The van der Waals surface area contributed by atoms with Gasteiger partial charge in [-0.25, -0.2) is 12.8 Å². The van der Waals surface area contributed by atoms with E-state index >= 15 is 0 Å². The van der Waals surface area contributed by atoms with Crippen LogP contribution in [0.15, 0.2) is 18.2 Å². The van der Waals surface area contributed by atoms with Crippen molar-refractivity contribution in [1.29, 1.82) is 0 Å². The molecule has 0 fully saturated rings. The SMILES string of the molecule is Cc1ccc(C(=O)N(C)CCS(C)(=O)=O)c(F)c1. The zero-order chi connectivity index (χ0) is 13.9. The number of hydrogen-bond donors (Lipinski definition) is 0. The van der Waals surface area contributed by atoms with E-state index in [1.54, 1.807) is 13.0 Å². The molecule has 0 heterocycles. The summed E-state index contributed by atoms with van der Waals surface area (Å²) in [6, 6.07) is 4.32. The molecule has 0 bridgehead atoms. The van der Waals surface area contributed by atoms with Crippen molar-refractivity contribution in [3.05, 3.63) is 35.1 Å². The molecule has 4 nitrogen and oxygen atoms in total. The predicted octanol–water partition coefficient (Wildman–Crippen LogP) is 1.25. The number of carbonyl (C=O) groups excluding carboxylic acids is 1. The van der Waals surface area contributed by atoms with E-state index in [4.69, 9.17) is 0 Å². The molecule has 0 saturated carbocycles. The molecule has 18 heavy (non-hydrogen) atoms. The molecule has 0 aliphatic rings. The second kappa shape index (κ2) is 5.48. The van der Waals surface area contributed by atoms with E-state index in [-0.39, 0.29) is 17.9 Å². The van der Waals surface area contributed by atoms with Gasteiger partial charge >= 0.3 is 0 Å². The first kappa shape index (κ1) is 14.6. The lowest BCUT2D eigenvalue weighted by molar-refractivity contribution is 0.0799. The van der Waals surface area contributed by atoms with Crippen molar-refractivity contribution in [2.45, 2.75) is 6.92 Å². The number of sulfone groups is 1. The number of halogens is 1. The molecule has 1 amide bonds. The van der Waals surface area contributed by atoms with Crippen molar-refractivity contribution >= 4 is 15.7 Å². The van der Waals surface area contributed by atoms with E-state index in [0.717, 1.165) is 11.8 Å². The molecule has 1 aromatic carbocycles. The molecule has 0 atom stereocenters. The van der Waals surface area contributed by atoms with Crippen molar-refractivity contribution < 1.29 is 17.6 Å². The standard InChI is InChI=1S/C12H16FNO3S/c1-9-4-5-10(11(13)8-9)12(15)14(2)6-7-18(3,16)17/h4-5,8H,6-7H2,1-3H3. The number of benzene rings is 1. The number of nitrogens with zero attached hydrogens (tertiary/aromatic N) is 1. The summed E-state index contributed by atoms with van der Waals surface area (Å²) in [5.41, 5.74) is 0.680. The summed E-state index contributed by atoms with van der Waals surface area (Å²) in [6.07, 6.45) is 1.10. The molecular weight excluding hydrogens is 257 g/mol. The minimum Gasteiger partial charge on any atom is -0.341 e. The molecule has 0 radical (unpaired) electrons. The van der Waals surface area contributed by atoms with Crippen LogP contribution in [0.25, 0.3) is 0 Å². The molecule has 1 rings (SSSR count). The average molecular weight is 273 g/mol. The van der Waals surface area contributed by atoms with Gasteiger partial charge in [0.05, 0.1) is 11.3 Å². The highest BCUT2D eigenvalue weighted by Crippen LogP contribution is 2.12. The summed E-state index contributed by atoms with van der Waals surface area (Å²) < 4.78 is 35.6. The number of aryl methyl sites for hydroxylation is 1. The molecule has 0 aliphatic heterocycles. The zero-order valence-corrected chi connectivity index (χ0v) is 11.4. The quantitative estimate of drug-likeness (QED) is 0.829. The van der Waals surface area contributed by atoms with E-state index in [0.29, 0.717) is 0 Å². The largest absolute Gasteiger partial charge is 0.341 e. The van der Waals surface area contributed by atoms with E-state index in [2.05, 4.69) is 0 Å². The maximum atomic E-state index is 13.6. The summed E-state index contributed by atoms with van der Waals surface area (Å²) in [5.74, 6) is -1.25. The third kappa shape index (κ3) is 4.10. The molecule has 0 saturated heterocycles. The van der Waals surface area contributed by atoms with Gasteiger partial charge in [-0.1, -0.05) is 6.07 Å². The fourth-order valence-corrected chi connectivity index (χ4v) is 2.01. The monoisotopic (exact) mass is 273 g/mol. The summed E-state index contributed by atoms with van der Waals surface area (Å²) >= 11 is 0. The minimum absolute atomic E-state index is 0.0448. The van der Waals surface area contributed by atoms with Crippen LogP contribution in [-0.4, -0.2) is 44.8 Å². The predicted molar refractivity (Wildman–Crippen MR) is 67.8 cm³/mol. The summed E-state index contributed by atoms with van der Waals surface area (Å²) in [5, 5.41) is 0. The van der Waals surface area contributed by atoms with Gasteiger partial charge in [0.2, 0.25) is 0 Å². The number of rotatable bonds is 4. The Bertz CT molecular complexity index is 554. The zero-order valence-electron chi connectivity index (χ0n) is 10.6. The Labute approximate surface area is 106 Å². The van der Waals surface area contributed by atoms with Crippen molar-refractivity contribution in [2.24, 2.45) is 0 Å². The maximum Gasteiger partial charge on any atom is 0.256 e. The van der Waals surface area contributed by atoms with E-state index in [1.165, 1.54) is 24.1 Å². The molecule has 100 valence electrons. The van der Waals surface area contributed by atoms with Gasteiger partial charge in [0, 0.05) is 19.8 Å². The van der Waals surface area contributed by atoms with Crippen molar-refractivity contribution in [1.82, 2.24) is 4.90 Å². The van der Waals surface area contributed by atoms with Gasteiger partial charge < -0.3 is 4.90 Å². The van der Waals surface area contributed by atoms with E-state index in [1.807, 2.05) is 0 Å². The Morgan fingerprint density at radius 3 is 2.50 bits per heavy atom. The Morgan fingerprint density at radius 1 is 1.39 bits per heavy atom. The van der Waals surface area contributed by atoms with Crippen LogP contribution < -0.4 is 0 Å². The van der Waals surface area contributed by atoms with Crippen LogP contribution in [0, 0.1) is 12.7 Å². The molecule has 0 spiro atoms. The normalized spacial score (nSPS) is 11.3. The lowest BCUT2D eigenvalue weighted by atomic mass is 10.1. The smallest absolute Gasteiger partial charge is 0.256 e. The molecule has 0 unspecified atom stereocenters. The van der Waals surface area contributed by atoms with Gasteiger partial charge in [-0.15, -0.1) is 0 Å². The van der Waals surface area contributed by atoms with Gasteiger partial charge in [-0.3, -0.25) is 4.79 Å². The number of amides is 1. The average Bonchev–Trinajstić information content (AvgIpc) is 2.24. The van der Waals surface area contributed by atoms with Gasteiger partial charge in [0.25, 0.3) is 5.91 Å². The molecule has 0 aromatic heterocycles. The van der Waals surface area contributed by atoms with Crippen LogP contribution in [0.1, 0.15) is 15.9 Å². The highest BCUT2D eigenvalue weighted by Gasteiger charge is 2.17. The first-order valence-corrected chi connectivity index (χ1v) is 7.46. The summed E-state index contributed by atoms with van der Waals surface area (Å²) in [6.45, 7) is 1.77. The fraction of sp³-hybridized carbons (Fsp3) is 0.417. The third-order valence-electron chi connectivity index (χ3n) is 2.50. The molecule has 6 heteroatoms. The molecule has 1 aromatic rings. The minimum atomic E-state index is -3.14. The Balaban J connectivity index is 2.80. The Kier molecular flexibility index (Phi) is 4.45. The van der Waals surface area contributed by atoms with Crippen molar-refractivity contribution in [3.63, 3.8) is 0 Å². The van der Waals surface area contributed by atoms with Crippen molar-refractivity contribution in [2.75, 3.05) is 25.6 Å². The number of carbonyl (C=O) groups is 1. The van der Waals surface area contributed by atoms with Crippen LogP contribution in [0.2, 0.25) is 0 Å². The highest BCUT2D eigenvalue weighted by atomic mass is 32.2. The lowest BCUT2D eigenvalue weighted by Crippen LogP contribution is -2.32. The van der Waals surface area contributed by atoms with Gasteiger partial charge in [-0.05, 0) is 24.6 Å². The molecule has 0 N–H and O–H groups in total. The Hall–Kier alpha value is -1.43. The van der Waals surface area contributed by atoms with Gasteiger partial charge in [0.1, 0.15) is 15.7 Å². The van der Waals surface area contributed by atoms with Crippen LogP contribution in [0.4, 0.5) is 4.39 Å². The highest BCUT2D eigenvalue weighted by molar-refractivity contribution is 7.90. The first-order chi connectivity index (χ1) is 8.20. The second-order valence-electron chi connectivity index (χ2n) is 4.34. The summed E-state index contributed by atoms with van der Waals surface area (Å²) in [4.78, 5) is 13.1. The first-order valence-electron chi connectivity index (χ1n) is 5.40. The number of hydrogen-bond acceptors (Lipinski definition) is 3. The topological polar surface area (TPSA) is 54.5 Å². The third-order valence-corrected chi connectivity index (χ3v) is 3.42. The van der Waals surface area contributed by atoms with Crippen LogP contribution in [0.5, 0.6) is 0 Å².